The third-order valence-corrected chi connectivity index (χ3v) is 3.07. The summed E-state index contributed by atoms with van der Waals surface area (Å²) in [6, 6.07) is -0.240. The molecule has 0 aliphatic carbocycles. The van der Waals surface area contributed by atoms with Crippen LogP contribution in [0.15, 0.2) is 0 Å². The maximum Gasteiger partial charge on any atom is 0.410 e. The second-order valence-corrected chi connectivity index (χ2v) is 5.94. The summed E-state index contributed by atoms with van der Waals surface area (Å²) in [5, 5.41) is 6.75. The lowest BCUT2D eigenvalue weighted by Gasteiger charge is -2.29. The number of alkyl halides is 1. The van der Waals surface area contributed by atoms with Gasteiger partial charge in [0.15, 0.2) is 11.8 Å². The minimum atomic E-state index is -0.603. The van der Waals surface area contributed by atoms with Gasteiger partial charge in [-0.25, -0.2) is 9.59 Å². The SMILES string of the molecule is CC(C)(C)OC(=O)N1CCc2[nH]nc(C(=O)OCCl)c2C1. The van der Waals surface area contributed by atoms with Crippen molar-refractivity contribution in [1.82, 2.24) is 15.1 Å². The highest BCUT2D eigenvalue weighted by Gasteiger charge is 2.30. The zero-order chi connectivity index (χ0) is 15.6. The Balaban J connectivity index is 2.14. The van der Waals surface area contributed by atoms with Crippen molar-refractivity contribution in [2.45, 2.75) is 39.3 Å². The van der Waals surface area contributed by atoms with E-state index in [0.717, 1.165) is 5.69 Å². The molecule has 7 nitrogen and oxygen atoms in total. The van der Waals surface area contributed by atoms with Crippen LogP contribution in [-0.2, 0) is 22.4 Å². The molecule has 1 aromatic heterocycles. The fourth-order valence-electron chi connectivity index (χ4n) is 2.06. The summed E-state index contributed by atoms with van der Waals surface area (Å²) in [5.41, 5.74) is 1.09. The Morgan fingerprint density at radius 1 is 1.43 bits per heavy atom. The van der Waals surface area contributed by atoms with Crippen molar-refractivity contribution in [3.63, 3.8) is 0 Å². The van der Waals surface area contributed by atoms with E-state index in [1.165, 1.54) is 0 Å². The Bertz CT molecular complexity index is 550. The number of esters is 1. The first-order valence-corrected chi connectivity index (χ1v) is 7.12. The van der Waals surface area contributed by atoms with Crippen molar-refractivity contribution in [3.05, 3.63) is 17.0 Å². The lowest BCUT2D eigenvalue weighted by molar-refractivity contribution is 0.0220. The molecule has 1 aliphatic rings. The molecule has 0 bridgehead atoms. The van der Waals surface area contributed by atoms with E-state index in [2.05, 4.69) is 10.2 Å². The van der Waals surface area contributed by atoms with Gasteiger partial charge in [0.2, 0.25) is 0 Å². The number of hydrogen-bond donors (Lipinski definition) is 1. The minimum Gasteiger partial charge on any atom is -0.445 e. The molecule has 1 aliphatic heterocycles. The van der Waals surface area contributed by atoms with Gasteiger partial charge >= 0.3 is 12.1 Å². The number of aromatic nitrogens is 2. The van der Waals surface area contributed by atoms with Gasteiger partial charge in [-0.2, -0.15) is 5.10 Å². The second kappa shape index (κ2) is 5.93. The third kappa shape index (κ3) is 3.66. The van der Waals surface area contributed by atoms with Gasteiger partial charge in [-0.15, -0.1) is 0 Å². The summed E-state index contributed by atoms with van der Waals surface area (Å²) in [7, 11) is 0. The van der Waals surface area contributed by atoms with E-state index >= 15 is 0 Å². The molecule has 0 spiro atoms. The van der Waals surface area contributed by atoms with Crippen LogP contribution >= 0.6 is 11.6 Å². The lowest BCUT2D eigenvalue weighted by atomic mass is 10.1. The fraction of sp³-hybridized carbons (Fsp3) is 0.615. The maximum absolute atomic E-state index is 12.1. The molecule has 0 unspecified atom stereocenters. The maximum atomic E-state index is 12.1. The van der Waals surface area contributed by atoms with Gasteiger partial charge < -0.3 is 14.4 Å². The molecule has 2 rings (SSSR count). The van der Waals surface area contributed by atoms with Crippen molar-refractivity contribution in [2.24, 2.45) is 0 Å². The van der Waals surface area contributed by atoms with Gasteiger partial charge in [0.1, 0.15) is 5.60 Å². The van der Waals surface area contributed by atoms with E-state index in [1.54, 1.807) is 25.7 Å². The number of H-pyrrole nitrogens is 1. The van der Waals surface area contributed by atoms with Crippen molar-refractivity contribution >= 4 is 23.7 Å². The van der Waals surface area contributed by atoms with Crippen LogP contribution < -0.4 is 0 Å². The van der Waals surface area contributed by atoms with Crippen LogP contribution in [0.25, 0.3) is 0 Å². The van der Waals surface area contributed by atoms with Gasteiger partial charge in [-0.1, -0.05) is 11.6 Å². The molecule has 0 atom stereocenters. The number of carbonyl (C=O) groups is 2. The largest absolute Gasteiger partial charge is 0.445 e. The van der Waals surface area contributed by atoms with E-state index in [1.807, 2.05) is 0 Å². The summed E-state index contributed by atoms with van der Waals surface area (Å²) in [6.45, 7) is 6.19. The first kappa shape index (κ1) is 15.6. The number of carbonyl (C=O) groups excluding carboxylic acids is 2. The van der Waals surface area contributed by atoms with E-state index in [0.29, 0.717) is 18.5 Å². The first-order chi connectivity index (χ1) is 9.81. The van der Waals surface area contributed by atoms with Gasteiger partial charge in [0.25, 0.3) is 0 Å². The van der Waals surface area contributed by atoms with Gasteiger partial charge in [0.05, 0.1) is 6.54 Å². The van der Waals surface area contributed by atoms with Crippen LogP contribution in [0.2, 0.25) is 0 Å². The third-order valence-electron chi connectivity index (χ3n) is 2.96. The smallest absolute Gasteiger partial charge is 0.410 e. The number of fused-ring (bicyclic) bond motifs is 1. The molecular formula is C13H18ClN3O4. The molecule has 2 heterocycles. The van der Waals surface area contributed by atoms with Crippen LogP contribution in [-0.4, -0.2) is 45.4 Å². The number of hydrogen-bond acceptors (Lipinski definition) is 5. The molecule has 0 radical (unpaired) electrons. The highest BCUT2D eigenvalue weighted by atomic mass is 35.5. The van der Waals surface area contributed by atoms with Gasteiger partial charge in [-0.3, -0.25) is 5.10 Å². The van der Waals surface area contributed by atoms with Crippen LogP contribution in [0.3, 0.4) is 0 Å². The Hall–Kier alpha value is -1.76. The van der Waals surface area contributed by atoms with E-state index < -0.39 is 17.7 Å². The lowest BCUT2D eigenvalue weighted by Crippen LogP contribution is -2.40. The predicted octanol–water partition coefficient (Wildman–Crippen LogP) is 2.06. The number of aromatic amines is 1. The molecule has 0 saturated carbocycles. The fourth-order valence-corrected chi connectivity index (χ4v) is 2.16. The topological polar surface area (TPSA) is 84.5 Å². The molecule has 0 aromatic carbocycles. The molecule has 0 saturated heterocycles. The molecule has 8 heteroatoms. The van der Waals surface area contributed by atoms with E-state index in [-0.39, 0.29) is 18.3 Å². The molecular weight excluding hydrogens is 298 g/mol. The van der Waals surface area contributed by atoms with E-state index in [4.69, 9.17) is 21.1 Å². The van der Waals surface area contributed by atoms with E-state index in [9.17, 15) is 9.59 Å². The van der Waals surface area contributed by atoms with Crippen molar-refractivity contribution < 1.29 is 19.1 Å². The Kier molecular flexibility index (Phi) is 4.41. The van der Waals surface area contributed by atoms with Gasteiger partial charge in [0, 0.05) is 24.2 Å². The van der Waals surface area contributed by atoms with Crippen molar-refractivity contribution in [1.29, 1.82) is 0 Å². The number of nitrogens with zero attached hydrogens (tertiary/aromatic N) is 2. The number of rotatable bonds is 2. The molecule has 1 aromatic rings. The predicted molar refractivity (Wildman–Crippen MR) is 75.1 cm³/mol. The summed E-state index contributed by atoms with van der Waals surface area (Å²) >= 11 is 5.38. The molecule has 0 fully saturated rings. The van der Waals surface area contributed by atoms with Crippen LogP contribution in [0.1, 0.15) is 42.5 Å². The minimum absolute atomic E-state index is 0.166. The van der Waals surface area contributed by atoms with Crippen molar-refractivity contribution in [2.75, 3.05) is 12.6 Å². The average Bonchev–Trinajstić information content (AvgIpc) is 2.79. The zero-order valence-corrected chi connectivity index (χ0v) is 13.0. The standard InChI is InChI=1S/C13H18ClN3O4/c1-13(2,3)21-12(19)17-5-4-9-8(6-17)10(16-15-9)11(18)20-7-14/h4-7H2,1-3H3,(H,15,16). The average molecular weight is 316 g/mol. The molecule has 1 N–H and O–H groups in total. The summed E-state index contributed by atoms with van der Waals surface area (Å²) in [5.74, 6) is -0.603. The first-order valence-electron chi connectivity index (χ1n) is 6.59. The Morgan fingerprint density at radius 3 is 2.76 bits per heavy atom. The van der Waals surface area contributed by atoms with Crippen molar-refractivity contribution in [3.8, 4) is 0 Å². The number of ether oxygens (including phenoxy) is 2. The second-order valence-electron chi connectivity index (χ2n) is 5.72. The zero-order valence-electron chi connectivity index (χ0n) is 12.2. The molecule has 1 amide bonds. The number of nitrogens with one attached hydrogen (secondary N) is 1. The molecule has 116 valence electrons. The van der Waals surface area contributed by atoms with Crippen LogP contribution in [0.4, 0.5) is 4.79 Å². The highest BCUT2D eigenvalue weighted by molar-refractivity contribution is 6.17. The Labute approximate surface area is 127 Å². The monoisotopic (exact) mass is 315 g/mol. The summed E-state index contributed by atoms with van der Waals surface area (Å²) in [4.78, 5) is 25.4. The summed E-state index contributed by atoms with van der Waals surface area (Å²) in [6.07, 6.45) is 0.168. The van der Waals surface area contributed by atoms with Crippen LogP contribution in [0, 0.1) is 0 Å². The molecule has 21 heavy (non-hydrogen) atoms. The number of halogens is 1. The van der Waals surface area contributed by atoms with Gasteiger partial charge in [-0.05, 0) is 20.8 Å². The van der Waals surface area contributed by atoms with Crippen LogP contribution in [0.5, 0.6) is 0 Å². The summed E-state index contributed by atoms with van der Waals surface area (Å²) < 4.78 is 10.1. The number of amides is 1. The quantitative estimate of drug-likeness (QED) is 0.667. The highest BCUT2D eigenvalue weighted by Crippen LogP contribution is 2.22. The Morgan fingerprint density at radius 2 is 2.14 bits per heavy atom. The normalized spacial score (nSPS) is 14.6.